The molecule has 0 fully saturated rings. The third kappa shape index (κ3) is 2.28. The lowest BCUT2D eigenvalue weighted by molar-refractivity contribution is 0.133. The molecule has 0 atom stereocenters. The van der Waals surface area contributed by atoms with Crippen LogP contribution in [-0.4, -0.2) is 5.11 Å². The van der Waals surface area contributed by atoms with E-state index in [0.29, 0.717) is 3.58 Å². The standard InChI is InChI=1S/C15H13IO/c1-12(16)15(17,13-8-4-2-5-9-13)14-10-6-3-7-11-14/h2-11,17H,1H2. The molecule has 86 valence electrons. The van der Waals surface area contributed by atoms with Gasteiger partial charge >= 0.3 is 0 Å². The second kappa shape index (κ2) is 5.02. The van der Waals surface area contributed by atoms with Crippen molar-refractivity contribution in [1.82, 2.24) is 0 Å². The first-order chi connectivity index (χ1) is 8.15. The first-order valence-corrected chi connectivity index (χ1v) is 6.42. The maximum Gasteiger partial charge on any atom is 0.145 e. The van der Waals surface area contributed by atoms with Gasteiger partial charge in [0.1, 0.15) is 5.60 Å². The fraction of sp³-hybridized carbons (Fsp3) is 0.0667. The highest BCUT2D eigenvalue weighted by Gasteiger charge is 2.33. The largest absolute Gasteiger partial charge is 0.376 e. The minimum Gasteiger partial charge on any atom is -0.376 e. The summed E-state index contributed by atoms with van der Waals surface area (Å²) in [5.74, 6) is 0. The average Bonchev–Trinajstić information content (AvgIpc) is 2.39. The Bertz CT molecular complexity index is 465. The molecule has 2 heteroatoms. The monoisotopic (exact) mass is 336 g/mol. The molecule has 1 nitrogen and oxygen atoms in total. The molecular formula is C15H13IO. The Labute approximate surface area is 115 Å². The maximum atomic E-state index is 10.9. The summed E-state index contributed by atoms with van der Waals surface area (Å²) < 4.78 is 0.688. The van der Waals surface area contributed by atoms with Crippen molar-refractivity contribution in [2.75, 3.05) is 0 Å². The van der Waals surface area contributed by atoms with Gasteiger partial charge in [0.05, 0.1) is 0 Å². The number of halogens is 1. The predicted molar refractivity (Wildman–Crippen MR) is 79.0 cm³/mol. The topological polar surface area (TPSA) is 20.2 Å². The number of hydrogen-bond acceptors (Lipinski definition) is 1. The molecule has 2 aromatic rings. The molecule has 0 aromatic heterocycles. The second-order valence-electron chi connectivity index (χ2n) is 3.85. The van der Waals surface area contributed by atoms with E-state index in [2.05, 4.69) is 29.2 Å². The van der Waals surface area contributed by atoms with E-state index in [1.54, 1.807) is 0 Å². The van der Waals surface area contributed by atoms with E-state index in [4.69, 9.17) is 0 Å². The van der Waals surface area contributed by atoms with Gasteiger partial charge in [0.25, 0.3) is 0 Å². The molecule has 2 rings (SSSR count). The molecule has 0 unspecified atom stereocenters. The quantitative estimate of drug-likeness (QED) is 0.844. The summed E-state index contributed by atoms with van der Waals surface area (Å²) in [5, 5.41) is 10.9. The van der Waals surface area contributed by atoms with Gasteiger partial charge < -0.3 is 5.11 Å². The van der Waals surface area contributed by atoms with Gasteiger partial charge in [-0.2, -0.15) is 0 Å². The van der Waals surface area contributed by atoms with Gasteiger partial charge in [-0.05, 0) is 33.7 Å². The van der Waals surface area contributed by atoms with Gasteiger partial charge in [0.15, 0.2) is 0 Å². The zero-order valence-corrected chi connectivity index (χ0v) is 11.5. The smallest absolute Gasteiger partial charge is 0.145 e. The lowest BCUT2D eigenvalue weighted by Crippen LogP contribution is -2.27. The van der Waals surface area contributed by atoms with Gasteiger partial charge in [-0.25, -0.2) is 0 Å². The van der Waals surface area contributed by atoms with Crippen LogP contribution in [0.4, 0.5) is 0 Å². The van der Waals surface area contributed by atoms with E-state index >= 15 is 0 Å². The van der Waals surface area contributed by atoms with E-state index in [0.717, 1.165) is 11.1 Å². The highest BCUT2D eigenvalue weighted by molar-refractivity contribution is 14.1. The Hall–Kier alpha value is -1.13. The lowest BCUT2D eigenvalue weighted by atomic mass is 9.86. The molecule has 0 saturated heterocycles. The summed E-state index contributed by atoms with van der Waals surface area (Å²) >= 11 is 2.08. The van der Waals surface area contributed by atoms with E-state index < -0.39 is 5.60 Å². The first-order valence-electron chi connectivity index (χ1n) is 5.34. The van der Waals surface area contributed by atoms with Crippen LogP contribution in [-0.2, 0) is 5.60 Å². The van der Waals surface area contributed by atoms with Crippen molar-refractivity contribution in [3.63, 3.8) is 0 Å². The van der Waals surface area contributed by atoms with Crippen LogP contribution >= 0.6 is 22.6 Å². The van der Waals surface area contributed by atoms with Gasteiger partial charge in [0, 0.05) is 3.58 Å². The molecule has 1 N–H and O–H groups in total. The van der Waals surface area contributed by atoms with E-state index in [1.807, 2.05) is 60.7 Å². The van der Waals surface area contributed by atoms with Crippen LogP contribution in [0.15, 0.2) is 70.8 Å². The molecule has 0 spiro atoms. The van der Waals surface area contributed by atoms with E-state index in [9.17, 15) is 5.11 Å². The molecule has 0 amide bonds. The minimum atomic E-state index is -1.12. The summed E-state index contributed by atoms with van der Waals surface area (Å²) in [4.78, 5) is 0. The Morgan fingerprint density at radius 3 is 1.53 bits per heavy atom. The fourth-order valence-electron chi connectivity index (χ4n) is 1.84. The highest BCUT2D eigenvalue weighted by atomic mass is 127. The third-order valence-electron chi connectivity index (χ3n) is 2.78. The van der Waals surface area contributed by atoms with Crippen LogP contribution in [0.2, 0.25) is 0 Å². The normalized spacial score (nSPS) is 11.2. The third-order valence-corrected chi connectivity index (χ3v) is 3.56. The lowest BCUT2D eigenvalue weighted by Gasteiger charge is -2.28. The highest BCUT2D eigenvalue weighted by Crippen LogP contribution is 2.38. The molecule has 0 bridgehead atoms. The van der Waals surface area contributed by atoms with Crippen molar-refractivity contribution in [1.29, 1.82) is 0 Å². The van der Waals surface area contributed by atoms with Crippen molar-refractivity contribution in [2.24, 2.45) is 0 Å². The van der Waals surface area contributed by atoms with Crippen LogP contribution in [0.25, 0.3) is 0 Å². The van der Waals surface area contributed by atoms with Crippen LogP contribution in [0.3, 0.4) is 0 Å². The molecule has 17 heavy (non-hydrogen) atoms. The van der Waals surface area contributed by atoms with Crippen LogP contribution in [0.5, 0.6) is 0 Å². The van der Waals surface area contributed by atoms with Gasteiger partial charge in [-0.3, -0.25) is 0 Å². The summed E-state index contributed by atoms with van der Waals surface area (Å²) in [6.07, 6.45) is 0. The summed E-state index contributed by atoms with van der Waals surface area (Å²) in [7, 11) is 0. The molecule has 2 aromatic carbocycles. The van der Waals surface area contributed by atoms with Crippen molar-refractivity contribution in [2.45, 2.75) is 5.60 Å². The van der Waals surface area contributed by atoms with Crippen molar-refractivity contribution in [3.05, 3.63) is 81.9 Å². The van der Waals surface area contributed by atoms with Crippen molar-refractivity contribution >= 4 is 22.6 Å². The number of rotatable bonds is 3. The maximum absolute atomic E-state index is 10.9. The van der Waals surface area contributed by atoms with Crippen LogP contribution < -0.4 is 0 Å². The minimum absolute atomic E-state index is 0.688. The van der Waals surface area contributed by atoms with Gasteiger partial charge in [0.2, 0.25) is 0 Å². The van der Waals surface area contributed by atoms with Gasteiger partial charge in [-0.15, -0.1) is 0 Å². The Morgan fingerprint density at radius 1 is 0.882 bits per heavy atom. The number of benzene rings is 2. The number of aliphatic hydroxyl groups is 1. The van der Waals surface area contributed by atoms with Crippen LogP contribution in [0, 0.1) is 0 Å². The molecule has 0 aliphatic carbocycles. The fourth-order valence-corrected chi connectivity index (χ4v) is 2.46. The van der Waals surface area contributed by atoms with Crippen LogP contribution in [0.1, 0.15) is 11.1 Å². The molecule has 0 aliphatic heterocycles. The summed E-state index contributed by atoms with van der Waals surface area (Å²) in [6, 6.07) is 19.2. The van der Waals surface area contributed by atoms with E-state index in [-0.39, 0.29) is 0 Å². The average molecular weight is 336 g/mol. The Kier molecular flexibility index (Phi) is 3.64. The molecule has 0 aliphatic rings. The Morgan fingerprint density at radius 2 is 1.24 bits per heavy atom. The zero-order valence-electron chi connectivity index (χ0n) is 9.31. The second-order valence-corrected chi connectivity index (χ2v) is 5.15. The van der Waals surface area contributed by atoms with Gasteiger partial charge in [-0.1, -0.05) is 67.2 Å². The molecule has 0 saturated carbocycles. The number of hydrogen-bond donors (Lipinski definition) is 1. The molecular weight excluding hydrogens is 323 g/mol. The van der Waals surface area contributed by atoms with E-state index in [1.165, 1.54) is 0 Å². The SMILES string of the molecule is C=C(I)C(O)(c1ccccc1)c1ccccc1. The molecule has 0 radical (unpaired) electrons. The molecule has 0 heterocycles. The predicted octanol–water partition coefficient (Wildman–Crippen LogP) is 3.87. The summed E-state index contributed by atoms with van der Waals surface area (Å²) in [5.41, 5.74) is 0.555. The summed E-state index contributed by atoms with van der Waals surface area (Å²) in [6.45, 7) is 3.92. The zero-order chi connectivity index (χ0) is 12.3. The first kappa shape index (κ1) is 12.3. The van der Waals surface area contributed by atoms with Crippen molar-refractivity contribution < 1.29 is 5.11 Å². The van der Waals surface area contributed by atoms with Crippen molar-refractivity contribution in [3.8, 4) is 0 Å². The Balaban J connectivity index is 2.59.